The molecule has 1 aliphatic rings. The number of phenolic OH excluding ortho intramolecular Hbond substituents is 1. The number of aryl methyl sites for hydroxylation is 2. The molecule has 6 heteroatoms. The number of fused-ring (bicyclic) bond motifs is 1. The van der Waals surface area contributed by atoms with Crippen LogP contribution in [0.3, 0.4) is 0 Å². The molecule has 6 nitrogen and oxygen atoms in total. The number of carbonyl (C=O) groups excluding carboxylic acids is 1. The van der Waals surface area contributed by atoms with Crippen molar-refractivity contribution < 1.29 is 19.2 Å². The van der Waals surface area contributed by atoms with E-state index in [0.29, 0.717) is 30.9 Å². The fourth-order valence-corrected chi connectivity index (χ4v) is 3.52. The summed E-state index contributed by atoms with van der Waals surface area (Å²) < 4.78 is 11.3. The van der Waals surface area contributed by atoms with Crippen molar-refractivity contribution in [1.29, 1.82) is 0 Å². The molecular formula is C20H26N2O4. The molecule has 1 atom stereocenters. The molecule has 0 aliphatic carbocycles. The van der Waals surface area contributed by atoms with Crippen molar-refractivity contribution in [2.45, 2.75) is 66.5 Å². The van der Waals surface area contributed by atoms with Gasteiger partial charge in [-0.2, -0.15) is 0 Å². The molecule has 140 valence electrons. The molecule has 0 saturated heterocycles. The number of aromatic hydroxyl groups is 1. The van der Waals surface area contributed by atoms with Crippen molar-refractivity contribution >= 4 is 5.91 Å². The van der Waals surface area contributed by atoms with Crippen LogP contribution in [-0.2, 0) is 17.8 Å². The van der Waals surface area contributed by atoms with Gasteiger partial charge in [0.1, 0.15) is 17.3 Å². The van der Waals surface area contributed by atoms with Gasteiger partial charge in [-0.25, -0.2) is 0 Å². The summed E-state index contributed by atoms with van der Waals surface area (Å²) in [5.74, 6) is 1.58. The van der Waals surface area contributed by atoms with Crippen molar-refractivity contribution in [2.75, 3.05) is 0 Å². The third-order valence-electron chi connectivity index (χ3n) is 5.61. The molecule has 3 rings (SSSR count). The molecular weight excluding hydrogens is 332 g/mol. The number of hydrogen-bond donors (Lipinski definition) is 2. The van der Waals surface area contributed by atoms with Gasteiger partial charge in [0.05, 0.1) is 5.69 Å². The maximum atomic E-state index is 12.9. The minimum atomic E-state index is -0.952. The first-order chi connectivity index (χ1) is 12.2. The number of nitrogens with one attached hydrogen (secondary N) is 1. The zero-order chi connectivity index (χ0) is 19.2. The first kappa shape index (κ1) is 18.3. The third-order valence-corrected chi connectivity index (χ3v) is 5.61. The summed E-state index contributed by atoms with van der Waals surface area (Å²) in [6.07, 6.45) is 1.24. The zero-order valence-corrected chi connectivity index (χ0v) is 16.2. The van der Waals surface area contributed by atoms with Gasteiger partial charge in [0.25, 0.3) is 5.91 Å². The summed E-state index contributed by atoms with van der Waals surface area (Å²) >= 11 is 0. The van der Waals surface area contributed by atoms with Crippen LogP contribution in [0.5, 0.6) is 11.5 Å². The second-order valence-electron chi connectivity index (χ2n) is 7.35. The molecule has 2 N–H and O–H groups in total. The van der Waals surface area contributed by atoms with E-state index >= 15 is 0 Å². The first-order valence-corrected chi connectivity index (χ1v) is 8.86. The highest BCUT2D eigenvalue weighted by atomic mass is 16.5. The molecule has 2 aromatic rings. The van der Waals surface area contributed by atoms with E-state index in [2.05, 4.69) is 10.5 Å². The maximum absolute atomic E-state index is 12.9. The largest absolute Gasteiger partial charge is 0.507 e. The predicted molar refractivity (Wildman–Crippen MR) is 97.5 cm³/mol. The van der Waals surface area contributed by atoms with E-state index in [9.17, 15) is 9.90 Å². The van der Waals surface area contributed by atoms with E-state index in [4.69, 9.17) is 9.26 Å². The number of rotatable bonds is 3. The molecule has 1 unspecified atom stereocenters. The number of nitrogens with zero attached hydrogens (tertiary/aromatic N) is 1. The molecule has 1 aliphatic heterocycles. The van der Waals surface area contributed by atoms with E-state index in [1.54, 1.807) is 0 Å². The number of ether oxygens (including phenoxy) is 1. The smallest absolute Gasteiger partial charge is 0.264 e. The average Bonchev–Trinajstić information content (AvgIpc) is 2.94. The van der Waals surface area contributed by atoms with Gasteiger partial charge in [-0.1, -0.05) is 5.16 Å². The highest BCUT2D eigenvalue weighted by molar-refractivity contribution is 5.85. The van der Waals surface area contributed by atoms with Crippen molar-refractivity contribution in [3.05, 3.63) is 39.3 Å². The topological polar surface area (TPSA) is 84.6 Å². The van der Waals surface area contributed by atoms with E-state index in [0.717, 1.165) is 39.3 Å². The number of aromatic nitrogens is 1. The van der Waals surface area contributed by atoms with Gasteiger partial charge in [0.15, 0.2) is 5.60 Å². The maximum Gasteiger partial charge on any atom is 0.264 e. The lowest BCUT2D eigenvalue weighted by molar-refractivity contribution is -0.137. The van der Waals surface area contributed by atoms with Crippen LogP contribution in [0.15, 0.2) is 4.52 Å². The van der Waals surface area contributed by atoms with Gasteiger partial charge in [0.2, 0.25) is 0 Å². The monoisotopic (exact) mass is 358 g/mol. The molecule has 26 heavy (non-hydrogen) atoms. The number of amides is 1. The quantitative estimate of drug-likeness (QED) is 0.879. The van der Waals surface area contributed by atoms with Crippen LogP contribution in [0, 0.1) is 34.6 Å². The number of benzene rings is 1. The van der Waals surface area contributed by atoms with Crippen molar-refractivity contribution in [3.63, 3.8) is 0 Å². The molecule has 1 amide bonds. The van der Waals surface area contributed by atoms with Crippen molar-refractivity contribution in [3.8, 4) is 11.5 Å². The van der Waals surface area contributed by atoms with E-state index < -0.39 is 5.60 Å². The average molecular weight is 358 g/mol. The van der Waals surface area contributed by atoms with Gasteiger partial charge in [-0.15, -0.1) is 0 Å². The highest BCUT2D eigenvalue weighted by Crippen LogP contribution is 2.43. The van der Waals surface area contributed by atoms with Crippen LogP contribution in [0.2, 0.25) is 0 Å². The lowest BCUT2D eigenvalue weighted by Gasteiger charge is -2.36. The Bertz CT molecular complexity index is 865. The molecule has 1 aromatic carbocycles. The molecule has 2 heterocycles. The lowest BCUT2D eigenvalue weighted by Crippen LogP contribution is -2.50. The fourth-order valence-electron chi connectivity index (χ4n) is 3.52. The van der Waals surface area contributed by atoms with Crippen molar-refractivity contribution in [1.82, 2.24) is 10.5 Å². The highest BCUT2D eigenvalue weighted by Gasteiger charge is 2.40. The van der Waals surface area contributed by atoms with Crippen LogP contribution in [0.4, 0.5) is 0 Å². The number of hydrogen-bond acceptors (Lipinski definition) is 5. The summed E-state index contributed by atoms with van der Waals surface area (Å²) in [7, 11) is 0. The fraction of sp³-hybridized carbons (Fsp3) is 0.500. The van der Waals surface area contributed by atoms with Crippen molar-refractivity contribution in [2.24, 2.45) is 0 Å². The Hall–Kier alpha value is -2.50. The Morgan fingerprint density at radius 3 is 2.50 bits per heavy atom. The molecule has 0 saturated carbocycles. The van der Waals surface area contributed by atoms with Gasteiger partial charge in [-0.05, 0) is 64.7 Å². The van der Waals surface area contributed by atoms with Gasteiger partial charge < -0.3 is 19.7 Å². The Labute approximate surface area is 153 Å². The molecule has 0 bridgehead atoms. The van der Waals surface area contributed by atoms with Crippen LogP contribution in [0.1, 0.15) is 52.6 Å². The van der Waals surface area contributed by atoms with Gasteiger partial charge in [0, 0.05) is 24.1 Å². The van der Waals surface area contributed by atoms with Crippen LogP contribution in [0.25, 0.3) is 0 Å². The minimum Gasteiger partial charge on any atom is -0.507 e. The molecule has 0 spiro atoms. The Morgan fingerprint density at radius 2 is 1.88 bits per heavy atom. The van der Waals surface area contributed by atoms with Crippen LogP contribution in [-0.4, -0.2) is 21.8 Å². The van der Waals surface area contributed by atoms with Gasteiger partial charge >= 0.3 is 0 Å². The lowest BCUT2D eigenvalue weighted by atomic mass is 9.86. The summed E-state index contributed by atoms with van der Waals surface area (Å²) in [6.45, 7) is 11.5. The third kappa shape index (κ3) is 2.83. The second kappa shape index (κ2) is 6.34. The summed E-state index contributed by atoms with van der Waals surface area (Å²) in [6, 6.07) is 0. The van der Waals surface area contributed by atoms with Crippen LogP contribution >= 0.6 is 0 Å². The molecule has 1 aromatic heterocycles. The normalized spacial score (nSPS) is 19.0. The van der Waals surface area contributed by atoms with Gasteiger partial charge in [-0.3, -0.25) is 4.79 Å². The zero-order valence-electron chi connectivity index (χ0n) is 16.2. The summed E-state index contributed by atoms with van der Waals surface area (Å²) in [4.78, 5) is 12.9. The minimum absolute atomic E-state index is 0.161. The van der Waals surface area contributed by atoms with E-state index in [-0.39, 0.29) is 5.91 Å². The van der Waals surface area contributed by atoms with E-state index in [1.165, 1.54) is 0 Å². The van der Waals surface area contributed by atoms with E-state index in [1.807, 2.05) is 41.5 Å². The second-order valence-corrected chi connectivity index (χ2v) is 7.35. The Kier molecular flexibility index (Phi) is 4.46. The molecule has 0 fully saturated rings. The Balaban J connectivity index is 1.83. The summed E-state index contributed by atoms with van der Waals surface area (Å²) in [5, 5.41) is 17.1. The Morgan fingerprint density at radius 1 is 1.19 bits per heavy atom. The standard InChI is InChI=1S/C20H26N2O4/c1-10-11(2)18-15(12(3)17(10)23)7-8-20(6,25-18)19(24)21-9-16-13(4)22-26-14(16)5/h23H,7-9H2,1-6H3,(H,21,24). The number of phenols is 1. The first-order valence-electron chi connectivity index (χ1n) is 8.86. The number of carbonyl (C=O) groups is 1. The summed E-state index contributed by atoms with van der Waals surface area (Å²) in [5.41, 5.74) is 4.22. The SMILES string of the molecule is Cc1noc(C)c1CNC(=O)C1(C)CCc2c(C)c(O)c(C)c(C)c2O1. The predicted octanol–water partition coefficient (Wildman–Crippen LogP) is 3.32. The molecule has 0 radical (unpaired) electrons. The van der Waals surface area contributed by atoms with Crippen LogP contribution < -0.4 is 10.1 Å².